The summed E-state index contributed by atoms with van der Waals surface area (Å²) in [7, 11) is -3.73. The summed E-state index contributed by atoms with van der Waals surface area (Å²) in [4.78, 5) is 16.8. The second-order valence-corrected chi connectivity index (χ2v) is 9.46. The van der Waals surface area contributed by atoms with E-state index in [-0.39, 0.29) is 35.1 Å². The third kappa shape index (κ3) is 5.25. The summed E-state index contributed by atoms with van der Waals surface area (Å²) in [6.45, 7) is 0. The van der Waals surface area contributed by atoms with Crippen LogP contribution in [0.3, 0.4) is 0 Å². The fraction of sp³-hybridized carbons (Fsp3) is 0.273. The molecule has 1 aromatic heterocycles. The topological polar surface area (TPSA) is 81.1 Å². The molecular weight excluding hydrogens is 443 g/mol. The first-order valence-electron chi connectivity index (χ1n) is 9.93. The third-order valence-corrected chi connectivity index (χ3v) is 6.60. The Kier molecular flexibility index (Phi) is 5.91. The molecule has 2 aromatic carbocycles. The number of benzene rings is 2. The zero-order valence-electron chi connectivity index (χ0n) is 16.8. The van der Waals surface area contributed by atoms with E-state index in [1.807, 2.05) is 0 Å². The number of rotatable bonds is 8. The number of nitrogens with one attached hydrogen (secondary N) is 1. The first kappa shape index (κ1) is 22.2. The number of imidazole rings is 1. The fourth-order valence-corrected chi connectivity index (χ4v) is 4.73. The minimum Gasteiger partial charge on any atom is -0.306 e. The van der Waals surface area contributed by atoms with Gasteiger partial charge in [0.15, 0.2) is 0 Å². The van der Waals surface area contributed by atoms with Gasteiger partial charge in [-0.15, -0.1) is 0 Å². The monoisotopic (exact) mass is 463 g/mol. The van der Waals surface area contributed by atoms with Gasteiger partial charge in [0.1, 0.15) is 5.78 Å². The number of nitrogens with zero attached hydrogens (tertiary/aromatic N) is 2. The highest BCUT2D eigenvalue weighted by molar-refractivity contribution is 7.89. The van der Waals surface area contributed by atoms with Crippen LogP contribution in [0, 0.1) is 0 Å². The van der Waals surface area contributed by atoms with Gasteiger partial charge in [-0.1, -0.05) is 18.2 Å². The highest BCUT2D eigenvalue weighted by Gasteiger charge is 2.31. The maximum atomic E-state index is 13.0. The van der Waals surface area contributed by atoms with Crippen molar-refractivity contribution in [1.82, 2.24) is 14.3 Å². The lowest BCUT2D eigenvalue weighted by atomic mass is 10.00. The lowest BCUT2D eigenvalue weighted by Crippen LogP contribution is -2.26. The summed E-state index contributed by atoms with van der Waals surface area (Å²) in [5, 5.41) is 0. The molecule has 32 heavy (non-hydrogen) atoms. The molecule has 0 radical (unpaired) electrons. The van der Waals surface area contributed by atoms with Crippen LogP contribution in [0.25, 0.3) is 5.69 Å². The lowest BCUT2D eigenvalue weighted by Gasteiger charge is -2.13. The minimum atomic E-state index is -4.50. The van der Waals surface area contributed by atoms with Gasteiger partial charge in [-0.3, -0.25) is 4.79 Å². The van der Waals surface area contributed by atoms with Gasteiger partial charge in [-0.2, -0.15) is 13.2 Å². The van der Waals surface area contributed by atoms with E-state index in [2.05, 4.69) is 9.71 Å². The third-order valence-electron chi connectivity index (χ3n) is 5.09. The zero-order chi connectivity index (χ0) is 22.9. The highest BCUT2D eigenvalue weighted by Crippen LogP contribution is 2.30. The zero-order valence-corrected chi connectivity index (χ0v) is 17.7. The van der Waals surface area contributed by atoms with E-state index in [9.17, 15) is 26.4 Å². The standard InChI is InChI=1S/C22H20F3N3O3S/c23-22(24,25)17-3-1-2-15(10-17)11-19(29)12-16-13-20(32(30,31)27-18-4-5-18)6-7-21(16)28-9-8-26-14-28/h1-3,6-10,13-14,18,27H,4-5,11-12H2. The maximum Gasteiger partial charge on any atom is 0.416 e. The number of carbonyl (C=O) groups is 1. The van der Waals surface area contributed by atoms with Gasteiger partial charge in [-0.25, -0.2) is 18.1 Å². The first-order valence-corrected chi connectivity index (χ1v) is 11.4. The van der Waals surface area contributed by atoms with Gasteiger partial charge in [0.2, 0.25) is 10.0 Å². The molecule has 6 nitrogen and oxygen atoms in total. The van der Waals surface area contributed by atoms with Crippen LogP contribution in [0.4, 0.5) is 13.2 Å². The average molecular weight is 463 g/mol. The molecule has 1 heterocycles. The summed E-state index contributed by atoms with van der Waals surface area (Å²) >= 11 is 0. The van der Waals surface area contributed by atoms with Crippen LogP contribution in [0.1, 0.15) is 29.5 Å². The van der Waals surface area contributed by atoms with E-state index in [1.165, 1.54) is 30.6 Å². The molecule has 168 valence electrons. The largest absolute Gasteiger partial charge is 0.416 e. The molecule has 0 atom stereocenters. The van der Waals surface area contributed by atoms with E-state index in [4.69, 9.17) is 0 Å². The molecule has 1 fully saturated rings. The minimum absolute atomic E-state index is 0.0372. The summed E-state index contributed by atoms with van der Waals surface area (Å²) in [6, 6.07) is 9.05. The lowest BCUT2D eigenvalue weighted by molar-refractivity contribution is -0.137. The molecule has 1 aliphatic rings. The van der Waals surface area contributed by atoms with Crippen molar-refractivity contribution in [3.63, 3.8) is 0 Å². The van der Waals surface area contributed by atoms with Crippen LogP contribution in [-0.4, -0.2) is 29.8 Å². The van der Waals surface area contributed by atoms with Gasteiger partial charge in [0.25, 0.3) is 0 Å². The van der Waals surface area contributed by atoms with Gasteiger partial charge in [0, 0.05) is 31.3 Å². The van der Waals surface area contributed by atoms with Crippen molar-refractivity contribution in [3.8, 4) is 5.69 Å². The number of Topliss-reactive ketones (excluding diaryl/α,β-unsaturated/α-hetero) is 1. The number of aromatic nitrogens is 2. The van der Waals surface area contributed by atoms with E-state index in [0.29, 0.717) is 11.3 Å². The Morgan fingerprint density at radius 1 is 1.12 bits per heavy atom. The SMILES string of the molecule is O=C(Cc1cccc(C(F)(F)F)c1)Cc1cc(S(=O)(=O)NC2CC2)ccc1-n1ccnc1. The number of hydrogen-bond acceptors (Lipinski definition) is 4. The molecule has 10 heteroatoms. The summed E-state index contributed by atoms with van der Waals surface area (Å²) in [5.74, 6) is -0.338. The Labute approximate surface area is 183 Å². The van der Waals surface area contributed by atoms with E-state index >= 15 is 0 Å². The quantitative estimate of drug-likeness (QED) is 0.553. The smallest absolute Gasteiger partial charge is 0.306 e. The first-order chi connectivity index (χ1) is 15.1. The molecule has 0 unspecified atom stereocenters. The predicted molar refractivity (Wildman–Crippen MR) is 111 cm³/mol. The number of alkyl halides is 3. The Balaban J connectivity index is 1.61. The van der Waals surface area contributed by atoms with Gasteiger partial charge in [-0.05, 0) is 48.2 Å². The molecule has 0 amide bonds. The Bertz CT molecular complexity index is 1230. The molecular formula is C22H20F3N3O3S. The van der Waals surface area contributed by atoms with Crippen molar-refractivity contribution in [2.75, 3.05) is 0 Å². The Morgan fingerprint density at radius 2 is 1.91 bits per heavy atom. The van der Waals surface area contributed by atoms with Crippen LogP contribution in [-0.2, 0) is 33.8 Å². The molecule has 1 aliphatic carbocycles. The summed E-state index contributed by atoms with van der Waals surface area (Å²) in [6.07, 6.45) is 1.46. The van der Waals surface area contributed by atoms with Crippen LogP contribution in [0.5, 0.6) is 0 Å². The molecule has 1 N–H and O–H groups in total. The van der Waals surface area contributed by atoms with Crippen LogP contribution < -0.4 is 4.72 Å². The van der Waals surface area contributed by atoms with Crippen molar-refractivity contribution >= 4 is 15.8 Å². The number of halogens is 3. The molecule has 0 saturated heterocycles. The molecule has 4 rings (SSSR count). The fourth-order valence-electron chi connectivity index (χ4n) is 3.37. The van der Waals surface area contributed by atoms with E-state index in [0.717, 1.165) is 25.0 Å². The predicted octanol–water partition coefficient (Wildman–Crippen LogP) is 3.69. The molecule has 0 aliphatic heterocycles. The Morgan fingerprint density at radius 3 is 2.56 bits per heavy atom. The van der Waals surface area contributed by atoms with Crippen molar-refractivity contribution in [2.45, 2.75) is 42.8 Å². The molecule has 0 spiro atoms. The summed E-state index contributed by atoms with van der Waals surface area (Å²) in [5.41, 5.74) is 0.443. The maximum absolute atomic E-state index is 13.0. The van der Waals surface area contributed by atoms with Crippen molar-refractivity contribution in [3.05, 3.63) is 77.9 Å². The number of sulfonamides is 1. The van der Waals surface area contributed by atoms with Crippen molar-refractivity contribution in [2.24, 2.45) is 0 Å². The van der Waals surface area contributed by atoms with Gasteiger partial charge >= 0.3 is 6.18 Å². The number of hydrogen-bond donors (Lipinski definition) is 1. The van der Waals surface area contributed by atoms with Crippen LogP contribution in [0.2, 0.25) is 0 Å². The van der Waals surface area contributed by atoms with Crippen molar-refractivity contribution in [1.29, 1.82) is 0 Å². The second kappa shape index (κ2) is 8.51. The molecule has 1 saturated carbocycles. The van der Waals surface area contributed by atoms with Crippen molar-refractivity contribution < 1.29 is 26.4 Å². The van der Waals surface area contributed by atoms with E-state index < -0.39 is 21.8 Å². The van der Waals surface area contributed by atoms with Gasteiger partial charge in [0.05, 0.1) is 22.5 Å². The van der Waals surface area contributed by atoms with Gasteiger partial charge < -0.3 is 4.57 Å². The number of ketones is 1. The van der Waals surface area contributed by atoms with Crippen LogP contribution >= 0.6 is 0 Å². The van der Waals surface area contributed by atoms with Crippen LogP contribution in [0.15, 0.2) is 66.1 Å². The molecule has 0 bridgehead atoms. The molecule has 3 aromatic rings. The average Bonchev–Trinajstić information content (AvgIpc) is 3.35. The number of carbonyl (C=O) groups excluding carboxylic acids is 1. The summed E-state index contributed by atoms with van der Waals surface area (Å²) < 4.78 is 68.4. The normalized spacial score (nSPS) is 14.5. The second-order valence-electron chi connectivity index (χ2n) is 7.75. The van der Waals surface area contributed by atoms with E-state index in [1.54, 1.807) is 23.0 Å². The highest BCUT2D eigenvalue weighted by atomic mass is 32.2. The Hall–Kier alpha value is -2.98.